The lowest BCUT2D eigenvalue weighted by molar-refractivity contribution is 0.269. The topological polar surface area (TPSA) is 68.1 Å². The summed E-state index contributed by atoms with van der Waals surface area (Å²) in [6.07, 6.45) is 3.30. The van der Waals surface area contributed by atoms with E-state index in [1.807, 2.05) is 26.8 Å². The van der Waals surface area contributed by atoms with Gasteiger partial charge in [0.2, 0.25) is 0 Å². The molecule has 5 nitrogen and oxygen atoms in total. The Kier molecular flexibility index (Phi) is 4.06. The Morgan fingerprint density at radius 3 is 2.68 bits per heavy atom. The third kappa shape index (κ3) is 3.06. The molecule has 0 spiro atoms. The molecule has 0 amide bonds. The predicted molar refractivity (Wildman–Crippen MR) is 71.1 cm³/mol. The smallest absolute Gasteiger partial charge is 0.169 e. The van der Waals surface area contributed by atoms with Crippen molar-refractivity contribution in [1.82, 2.24) is 15.0 Å². The maximum atomic E-state index is 9.39. The third-order valence-electron chi connectivity index (χ3n) is 2.69. The molecule has 0 fully saturated rings. The zero-order valence-electron chi connectivity index (χ0n) is 11.3. The lowest BCUT2D eigenvalue weighted by Crippen LogP contribution is -2.04. The minimum atomic E-state index is -0.184. The van der Waals surface area contributed by atoms with Crippen LogP contribution in [0.4, 0.5) is 0 Å². The summed E-state index contributed by atoms with van der Waals surface area (Å²) in [5.41, 5.74) is 1.27. The van der Waals surface area contributed by atoms with Crippen LogP contribution in [0.1, 0.15) is 37.0 Å². The van der Waals surface area contributed by atoms with E-state index in [-0.39, 0.29) is 12.5 Å². The summed E-state index contributed by atoms with van der Waals surface area (Å²) in [6.45, 7) is 5.68. The first-order valence-electron chi connectivity index (χ1n) is 6.18. The highest BCUT2D eigenvalue weighted by Gasteiger charge is 2.12. The zero-order chi connectivity index (χ0) is 13.8. The number of aliphatic hydroxyl groups is 1. The minimum absolute atomic E-state index is 0.184. The van der Waals surface area contributed by atoms with Crippen LogP contribution in [0.3, 0.4) is 0 Å². The Morgan fingerprint density at radius 1 is 1.26 bits per heavy atom. The molecule has 0 aliphatic carbocycles. The SMILES string of the molecule is Cc1ncccc1Oc1cnc(C(C)C)nc1CO. The van der Waals surface area contributed by atoms with Gasteiger partial charge >= 0.3 is 0 Å². The van der Waals surface area contributed by atoms with Crippen LogP contribution < -0.4 is 4.74 Å². The highest BCUT2D eigenvalue weighted by atomic mass is 16.5. The van der Waals surface area contributed by atoms with Crippen molar-refractivity contribution in [2.24, 2.45) is 0 Å². The van der Waals surface area contributed by atoms with Gasteiger partial charge in [0.05, 0.1) is 18.5 Å². The number of pyridine rings is 1. The van der Waals surface area contributed by atoms with Crippen LogP contribution in [0.15, 0.2) is 24.5 Å². The molecule has 100 valence electrons. The van der Waals surface area contributed by atoms with E-state index >= 15 is 0 Å². The molecule has 0 unspecified atom stereocenters. The van der Waals surface area contributed by atoms with Crippen molar-refractivity contribution < 1.29 is 9.84 Å². The van der Waals surface area contributed by atoms with Crippen LogP contribution in [0.2, 0.25) is 0 Å². The van der Waals surface area contributed by atoms with E-state index in [9.17, 15) is 5.11 Å². The molecular weight excluding hydrogens is 242 g/mol. The van der Waals surface area contributed by atoms with Crippen molar-refractivity contribution in [3.63, 3.8) is 0 Å². The van der Waals surface area contributed by atoms with Crippen molar-refractivity contribution in [3.8, 4) is 11.5 Å². The summed E-state index contributed by atoms with van der Waals surface area (Å²) in [5, 5.41) is 9.39. The minimum Gasteiger partial charge on any atom is -0.452 e. The summed E-state index contributed by atoms with van der Waals surface area (Å²) in [4.78, 5) is 12.7. The number of aryl methyl sites for hydroxylation is 1. The van der Waals surface area contributed by atoms with Gasteiger partial charge in [0.15, 0.2) is 5.75 Å². The molecule has 0 aliphatic heterocycles. The quantitative estimate of drug-likeness (QED) is 0.914. The van der Waals surface area contributed by atoms with Crippen molar-refractivity contribution in [2.45, 2.75) is 33.3 Å². The molecule has 0 bridgehead atoms. The highest BCUT2D eigenvalue weighted by molar-refractivity contribution is 5.34. The first-order valence-corrected chi connectivity index (χ1v) is 6.18. The number of hydrogen-bond acceptors (Lipinski definition) is 5. The molecule has 0 saturated carbocycles. The molecule has 0 aromatic carbocycles. The van der Waals surface area contributed by atoms with Gasteiger partial charge in [-0.3, -0.25) is 4.98 Å². The van der Waals surface area contributed by atoms with Crippen LogP contribution in [0, 0.1) is 6.92 Å². The molecule has 0 atom stereocenters. The van der Waals surface area contributed by atoms with Crippen molar-refractivity contribution >= 4 is 0 Å². The van der Waals surface area contributed by atoms with Crippen molar-refractivity contribution in [1.29, 1.82) is 0 Å². The number of aliphatic hydroxyl groups excluding tert-OH is 1. The molecule has 2 heterocycles. The summed E-state index contributed by atoms with van der Waals surface area (Å²) in [6, 6.07) is 3.62. The Bertz CT molecular complexity index is 570. The third-order valence-corrected chi connectivity index (χ3v) is 2.69. The van der Waals surface area contributed by atoms with Crippen LogP contribution >= 0.6 is 0 Å². The average molecular weight is 259 g/mol. The number of aromatic nitrogens is 3. The Labute approximate surface area is 112 Å². The summed E-state index contributed by atoms with van der Waals surface area (Å²) >= 11 is 0. The second-order valence-electron chi connectivity index (χ2n) is 4.54. The number of hydrogen-bond donors (Lipinski definition) is 1. The van der Waals surface area contributed by atoms with E-state index in [4.69, 9.17) is 4.74 Å². The van der Waals surface area contributed by atoms with E-state index in [0.717, 1.165) is 5.69 Å². The monoisotopic (exact) mass is 259 g/mol. The van der Waals surface area contributed by atoms with E-state index in [0.29, 0.717) is 23.0 Å². The predicted octanol–water partition coefficient (Wildman–Crippen LogP) is 2.59. The van der Waals surface area contributed by atoms with Crippen LogP contribution in [-0.2, 0) is 6.61 Å². The largest absolute Gasteiger partial charge is 0.452 e. The fourth-order valence-electron chi connectivity index (χ4n) is 1.59. The summed E-state index contributed by atoms with van der Waals surface area (Å²) < 4.78 is 5.72. The molecule has 0 saturated heterocycles. The molecule has 0 radical (unpaired) electrons. The van der Waals surface area contributed by atoms with Gasteiger partial charge in [-0.1, -0.05) is 13.8 Å². The second-order valence-corrected chi connectivity index (χ2v) is 4.54. The van der Waals surface area contributed by atoms with Crippen molar-refractivity contribution in [2.75, 3.05) is 0 Å². The fourth-order valence-corrected chi connectivity index (χ4v) is 1.59. The van der Waals surface area contributed by atoms with E-state index in [1.54, 1.807) is 18.5 Å². The van der Waals surface area contributed by atoms with Gasteiger partial charge in [-0.2, -0.15) is 0 Å². The van der Waals surface area contributed by atoms with Gasteiger partial charge in [0.25, 0.3) is 0 Å². The van der Waals surface area contributed by atoms with Crippen LogP contribution in [0.5, 0.6) is 11.5 Å². The lowest BCUT2D eigenvalue weighted by atomic mass is 10.2. The number of rotatable bonds is 4. The molecule has 0 aliphatic rings. The number of ether oxygens (including phenoxy) is 1. The molecule has 1 N–H and O–H groups in total. The number of nitrogens with zero attached hydrogens (tertiary/aromatic N) is 3. The standard InChI is InChI=1S/C14H17N3O2/c1-9(2)14-16-7-13(11(8-18)17-14)19-12-5-4-6-15-10(12)3/h4-7,9,18H,8H2,1-3H3. The Balaban J connectivity index is 2.33. The van der Waals surface area contributed by atoms with E-state index in [2.05, 4.69) is 15.0 Å². The normalized spacial score (nSPS) is 10.8. The lowest BCUT2D eigenvalue weighted by Gasteiger charge is -2.12. The highest BCUT2D eigenvalue weighted by Crippen LogP contribution is 2.26. The molecule has 2 aromatic rings. The molecular formula is C14H17N3O2. The molecule has 2 rings (SSSR count). The molecule has 19 heavy (non-hydrogen) atoms. The average Bonchev–Trinajstić information content (AvgIpc) is 2.41. The summed E-state index contributed by atoms with van der Waals surface area (Å²) in [5.74, 6) is 2.00. The van der Waals surface area contributed by atoms with E-state index < -0.39 is 0 Å². The zero-order valence-corrected chi connectivity index (χ0v) is 11.3. The van der Waals surface area contributed by atoms with Crippen LogP contribution in [-0.4, -0.2) is 20.1 Å². The van der Waals surface area contributed by atoms with Gasteiger partial charge < -0.3 is 9.84 Å². The summed E-state index contributed by atoms with van der Waals surface area (Å²) in [7, 11) is 0. The van der Waals surface area contributed by atoms with Gasteiger partial charge in [-0.25, -0.2) is 9.97 Å². The first kappa shape index (κ1) is 13.4. The van der Waals surface area contributed by atoms with Crippen molar-refractivity contribution in [3.05, 3.63) is 41.7 Å². The van der Waals surface area contributed by atoms with Crippen LogP contribution in [0.25, 0.3) is 0 Å². The first-order chi connectivity index (χ1) is 9.11. The van der Waals surface area contributed by atoms with E-state index in [1.165, 1.54) is 0 Å². The molecule has 5 heteroatoms. The van der Waals surface area contributed by atoms with Gasteiger partial charge in [0, 0.05) is 12.1 Å². The maximum absolute atomic E-state index is 9.39. The van der Waals surface area contributed by atoms with Gasteiger partial charge in [0.1, 0.15) is 17.3 Å². The Morgan fingerprint density at radius 2 is 2.05 bits per heavy atom. The Hall–Kier alpha value is -2.01. The maximum Gasteiger partial charge on any atom is 0.169 e. The fraction of sp³-hybridized carbons (Fsp3) is 0.357. The van der Waals surface area contributed by atoms with Gasteiger partial charge in [-0.15, -0.1) is 0 Å². The van der Waals surface area contributed by atoms with Gasteiger partial charge in [-0.05, 0) is 19.1 Å². The second kappa shape index (κ2) is 5.75. The molecule has 2 aromatic heterocycles.